The van der Waals surface area contributed by atoms with Gasteiger partial charge in [-0.3, -0.25) is 0 Å². The molecule has 0 radical (unpaired) electrons. The number of hydrogen-bond donors (Lipinski definition) is 0. The Balaban J connectivity index is 1.36. The highest BCUT2D eigenvalue weighted by Gasteiger charge is 2.38. The Morgan fingerprint density at radius 2 is 1.42 bits per heavy atom. The van der Waals surface area contributed by atoms with Crippen molar-refractivity contribution in [3.8, 4) is 0 Å². The van der Waals surface area contributed by atoms with E-state index in [2.05, 4.69) is 13.8 Å². The third kappa shape index (κ3) is 4.90. The van der Waals surface area contributed by atoms with E-state index in [1.54, 1.807) is 0 Å². The molecule has 6 heteroatoms. The van der Waals surface area contributed by atoms with Crippen LogP contribution in [0.15, 0.2) is 0 Å². The Labute approximate surface area is 145 Å². The molecule has 3 saturated heterocycles. The molecule has 3 fully saturated rings. The van der Waals surface area contributed by atoms with Gasteiger partial charge >= 0.3 is 0 Å². The number of hydrogen-bond acceptors (Lipinski definition) is 6. The van der Waals surface area contributed by atoms with Gasteiger partial charge in [-0.05, 0) is 12.8 Å². The third-order valence-corrected chi connectivity index (χ3v) is 5.48. The smallest absolute Gasteiger partial charge is 0.104 e. The van der Waals surface area contributed by atoms with Crippen molar-refractivity contribution in [2.24, 2.45) is 10.8 Å². The molecule has 1 unspecified atom stereocenters. The van der Waals surface area contributed by atoms with Crippen molar-refractivity contribution in [3.63, 3.8) is 0 Å². The van der Waals surface area contributed by atoms with E-state index in [9.17, 15) is 0 Å². The van der Waals surface area contributed by atoms with Gasteiger partial charge in [-0.25, -0.2) is 0 Å². The van der Waals surface area contributed by atoms with E-state index in [4.69, 9.17) is 28.4 Å². The molecule has 3 rings (SSSR count). The monoisotopic (exact) mass is 344 g/mol. The molecule has 3 aliphatic heterocycles. The minimum atomic E-state index is -0.0426. The first-order valence-electron chi connectivity index (χ1n) is 9.23. The molecule has 3 aliphatic rings. The van der Waals surface area contributed by atoms with Gasteiger partial charge in [-0.2, -0.15) is 0 Å². The minimum Gasteiger partial charge on any atom is -0.380 e. The van der Waals surface area contributed by atoms with Crippen LogP contribution in [0.3, 0.4) is 0 Å². The molecule has 1 atom stereocenters. The molecule has 0 aromatic carbocycles. The lowest BCUT2D eigenvalue weighted by Gasteiger charge is -2.41. The molecule has 24 heavy (non-hydrogen) atoms. The number of epoxide rings is 1. The standard InChI is InChI=1S/C18H32O6/c1-3-17(11-21-12-17)9-19-5-15(23-7-16-8-24-16)6-20-10-18(4-2)13-22-14-18/h15-16H,3-14H2,1-2H3. The van der Waals surface area contributed by atoms with E-state index >= 15 is 0 Å². The normalized spacial score (nSPS) is 26.9. The average Bonchev–Trinajstić information content (AvgIpc) is 3.33. The third-order valence-electron chi connectivity index (χ3n) is 5.48. The second kappa shape index (κ2) is 8.43. The van der Waals surface area contributed by atoms with Crippen molar-refractivity contribution < 1.29 is 28.4 Å². The van der Waals surface area contributed by atoms with Crippen molar-refractivity contribution in [3.05, 3.63) is 0 Å². The van der Waals surface area contributed by atoms with Crippen LogP contribution < -0.4 is 0 Å². The molecular formula is C18H32O6. The predicted molar refractivity (Wildman–Crippen MR) is 88.2 cm³/mol. The maximum absolute atomic E-state index is 5.95. The maximum Gasteiger partial charge on any atom is 0.104 e. The molecule has 0 aromatic heterocycles. The Kier molecular flexibility index (Phi) is 6.51. The van der Waals surface area contributed by atoms with Crippen LogP contribution in [0.5, 0.6) is 0 Å². The van der Waals surface area contributed by atoms with Crippen LogP contribution in [0.4, 0.5) is 0 Å². The zero-order chi connectivity index (χ0) is 16.9. The molecule has 3 heterocycles. The summed E-state index contributed by atoms with van der Waals surface area (Å²) in [6, 6.07) is 0. The fraction of sp³-hybridized carbons (Fsp3) is 1.00. The quantitative estimate of drug-likeness (QED) is 0.474. The van der Waals surface area contributed by atoms with Gasteiger partial charge < -0.3 is 28.4 Å². The summed E-state index contributed by atoms with van der Waals surface area (Å²) in [4.78, 5) is 0. The van der Waals surface area contributed by atoms with Crippen molar-refractivity contribution >= 4 is 0 Å². The Morgan fingerprint density at radius 1 is 0.917 bits per heavy atom. The summed E-state index contributed by atoms with van der Waals surface area (Å²) < 4.78 is 33.7. The van der Waals surface area contributed by atoms with E-state index in [1.807, 2.05) is 0 Å². The van der Waals surface area contributed by atoms with Crippen molar-refractivity contribution in [1.82, 2.24) is 0 Å². The minimum absolute atomic E-state index is 0.0426. The highest BCUT2D eigenvalue weighted by Crippen LogP contribution is 2.32. The summed E-state index contributed by atoms with van der Waals surface area (Å²) >= 11 is 0. The van der Waals surface area contributed by atoms with Crippen LogP contribution in [-0.4, -0.2) is 78.3 Å². The van der Waals surface area contributed by atoms with E-state index in [0.29, 0.717) is 19.8 Å². The van der Waals surface area contributed by atoms with Crippen LogP contribution in [0, 0.1) is 10.8 Å². The van der Waals surface area contributed by atoms with Gasteiger partial charge in [0.25, 0.3) is 0 Å². The molecule has 0 aliphatic carbocycles. The van der Waals surface area contributed by atoms with Gasteiger partial charge in [0.2, 0.25) is 0 Å². The molecule has 0 spiro atoms. The van der Waals surface area contributed by atoms with E-state index in [0.717, 1.165) is 59.1 Å². The molecule has 0 aromatic rings. The van der Waals surface area contributed by atoms with Crippen molar-refractivity contribution in [1.29, 1.82) is 0 Å². The van der Waals surface area contributed by atoms with Crippen LogP contribution in [0.25, 0.3) is 0 Å². The van der Waals surface area contributed by atoms with Gasteiger partial charge in [0.1, 0.15) is 12.2 Å². The Bertz CT molecular complexity index is 337. The van der Waals surface area contributed by atoms with Gasteiger partial charge in [-0.1, -0.05) is 13.8 Å². The lowest BCUT2D eigenvalue weighted by molar-refractivity contribution is -0.172. The van der Waals surface area contributed by atoms with Crippen LogP contribution in [-0.2, 0) is 28.4 Å². The van der Waals surface area contributed by atoms with Crippen molar-refractivity contribution in [2.75, 3.05) is 66.1 Å². The second-order valence-corrected chi connectivity index (χ2v) is 7.63. The Hall–Kier alpha value is -0.240. The molecular weight excluding hydrogens is 312 g/mol. The van der Waals surface area contributed by atoms with Gasteiger partial charge in [0.05, 0.1) is 66.1 Å². The summed E-state index contributed by atoms with van der Waals surface area (Å²) in [5, 5.41) is 0. The Morgan fingerprint density at radius 3 is 1.75 bits per heavy atom. The summed E-state index contributed by atoms with van der Waals surface area (Å²) in [6.07, 6.45) is 2.39. The van der Waals surface area contributed by atoms with E-state index in [1.165, 1.54) is 0 Å². The average molecular weight is 344 g/mol. The first-order valence-corrected chi connectivity index (χ1v) is 9.23. The predicted octanol–water partition coefficient (Wildman–Crippen LogP) is 1.66. The van der Waals surface area contributed by atoms with Gasteiger partial charge in [0.15, 0.2) is 0 Å². The number of rotatable bonds is 13. The first kappa shape index (κ1) is 18.5. The fourth-order valence-electron chi connectivity index (χ4n) is 2.93. The highest BCUT2D eigenvalue weighted by atomic mass is 16.6. The summed E-state index contributed by atoms with van der Waals surface area (Å²) in [5.41, 5.74) is 0.418. The van der Waals surface area contributed by atoms with Crippen molar-refractivity contribution in [2.45, 2.75) is 38.9 Å². The summed E-state index contributed by atoms with van der Waals surface area (Å²) in [7, 11) is 0. The highest BCUT2D eigenvalue weighted by molar-refractivity contribution is 4.85. The lowest BCUT2D eigenvalue weighted by atomic mass is 9.84. The molecule has 140 valence electrons. The molecule has 6 nitrogen and oxygen atoms in total. The van der Waals surface area contributed by atoms with Gasteiger partial charge in [0, 0.05) is 10.8 Å². The zero-order valence-electron chi connectivity index (χ0n) is 15.1. The topological polar surface area (TPSA) is 58.7 Å². The molecule has 0 N–H and O–H groups in total. The van der Waals surface area contributed by atoms with Crippen LogP contribution >= 0.6 is 0 Å². The molecule has 0 bridgehead atoms. The summed E-state index contributed by atoms with van der Waals surface area (Å²) in [6.45, 7) is 11.6. The maximum atomic E-state index is 5.95. The largest absolute Gasteiger partial charge is 0.380 e. The molecule has 0 amide bonds. The van der Waals surface area contributed by atoms with Crippen LogP contribution in [0.1, 0.15) is 26.7 Å². The summed E-state index contributed by atoms with van der Waals surface area (Å²) in [5.74, 6) is 0. The first-order chi connectivity index (χ1) is 11.7. The fourth-order valence-corrected chi connectivity index (χ4v) is 2.93. The van der Waals surface area contributed by atoms with Gasteiger partial charge in [-0.15, -0.1) is 0 Å². The molecule has 0 saturated carbocycles. The number of ether oxygens (including phenoxy) is 6. The zero-order valence-corrected chi connectivity index (χ0v) is 15.1. The second-order valence-electron chi connectivity index (χ2n) is 7.63. The van der Waals surface area contributed by atoms with E-state index < -0.39 is 0 Å². The lowest BCUT2D eigenvalue weighted by Crippen LogP contribution is -2.47. The SMILES string of the molecule is CCC1(COCC(COCC2(CC)COC2)OCC2CO2)COC1. The van der Waals surface area contributed by atoms with Crippen LogP contribution in [0.2, 0.25) is 0 Å². The van der Waals surface area contributed by atoms with E-state index in [-0.39, 0.29) is 23.0 Å².